The molecule has 1 aliphatic rings. The molecule has 1 aliphatic heterocycles. The molecule has 0 aromatic carbocycles. The van der Waals surface area contributed by atoms with Crippen LogP contribution in [0.15, 0.2) is 0 Å². The molecule has 1 fully saturated rings. The Morgan fingerprint density at radius 1 is 1.33 bits per heavy atom. The molecule has 0 aromatic heterocycles. The van der Waals surface area contributed by atoms with Gasteiger partial charge in [-0.1, -0.05) is 20.8 Å². The van der Waals surface area contributed by atoms with E-state index in [0.717, 1.165) is 0 Å². The normalized spacial score (nSPS) is 23.0. The van der Waals surface area contributed by atoms with Gasteiger partial charge in [0.2, 0.25) is 0 Å². The molecule has 0 atom stereocenters. The Labute approximate surface area is 76.1 Å². The van der Waals surface area contributed by atoms with Crippen molar-refractivity contribution in [1.29, 1.82) is 0 Å². The molecule has 2 nitrogen and oxygen atoms in total. The van der Waals surface area contributed by atoms with Crippen molar-refractivity contribution >= 4 is 0 Å². The number of piperidine rings is 1. The first-order valence-corrected chi connectivity index (χ1v) is 5.17. The molecule has 0 aromatic rings. The second kappa shape index (κ2) is 4.24. The van der Waals surface area contributed by atoms with Crippen LogP contribution in [0.25, 0.3) is 0 Å². The van der Waals surface area contributed by atoms with Crippen molar-refractivity contribution in [2.45, 2.75) is 51.6 Å². The van der Waals surface area contributed by atoms with Crippen molar-refractivity contribution in [1.82, 2.24) is 10.6 Å². The van der Waals surface area contributed by atoms with E-state index in [0.29, 0.717) is 11.6 Å². The minimum atomic E-state index is 0.430. The van der Waals surface area contributed by atoms with Crippen molar-refractivity contribution < 1.29 is 0 Å². The maximum Gasteiger partial charge on any atom is 0.0205 e. The molecule has 1 heterocycles. The van der Waals surface area contributed by atoms with Crippen LogP contribution in [0.3, 0.4) is 0 Å². The highest BCUT2D eigenvalue weighted by molar-refractivity contribution is 4.92. The van der Waals surface area contributed by atoms with E-state index in [4.69, 9.17) is 0 Å². The summed E-state index contributed by atoms with van der Waals surface area (Å²) in [6, 6.07) is 0.614. The van der Waals surface area contributed by atoms with E-state index in [2.05, 4.69) is 31.4 Å². The first-order valence-electron chi connectivity index (χ1n) is 5.17. The molecular formula is C10H22N2. The Morgan fingerprint density at radius 3 is 2.33 bits per heavy atom. The van der Waals surface area contributed by atoms with E-state index in [1.807, 2.05) is 0 Å². The summed E-state index contributed by atoms with van der Waals surface area (Å²) in [5, 5.41) is 7.11. The molecule has 0 bridgehead atoms. The van der Waals surface area contributed by atoms with Crippen LogP contribution < -0.4 is 10.6 Å². The summed E-state index contributed by atoms with van der Waals surface area (Å²) in [5.74, 6) is 0. The van der Waals surface area contributed by atoms with Crippen molar-refractivity contribution in [2.75, 3.05) is 13.1 Å². The third-order valence-electron chi connectivity index (χ3n) is 2.83. The standard InChI is InChI=1S/C10H22N2/c1-4-10(12-9(2)3)5-7-11-8-6-10/h9,11-12H,4-8H2,1-3H3. The fourth-order valence-electron chi connectivity index (χ4n) is 2.12. The predicted molar refractivity (Wildman–Crippen MR) is 53.4 cm³/mol. The zero-order chi connectivity index (χ0) is 9.03. The molecule has 2 N–H and O–H groups in total. The van der Waals surface area contributed by atoms with Gasteiger partial charge in [-0.05, 0) is 32.4 Å². The molecule has 0 amide bonds. The maximum atomic E-state index is 3.70. The Hall–Kier alpha value is -0.0800. The first kappa shape index (κ1) is 10.0. The summed E-state index contributed by atoms with van der Waals surface area (Å²) in [6.07, 6.45) is 3.82. The van der Waals surface area contributed by atoms with Gasteiger partial charge in [-0.3, -0.25) is 0 Å². The zero-order valence-corrected chi connectivity index (χ0v) is 8.61. The van der Waals surface area contributed by atoms with E-state index >= 15 is 0 Å². The van der Waals surface area contributed by atoms with E-state index < -0.39 is 0 Å². The molecule has 0 saturated carbocycles. The minimum Gasteiger partial charge on any atom is -0.317 e. The second-order valence-corrected chi connectivity index (χ2v) is 4.18. The average Bonchev–Trinajstić information content (AvgIpc) is 2.05. The lowest BCUT2D eigenvalue weighted by Crippen LogP contribution is -2.54. The van der Waals surface area contributed by atoms with E-state index in [9.17, 15) is 0 Å². The highest BCUT2D eigenvalue weighted by Crippen LogP contribution is 2.22. The van der Waals surface area contributed by atoms with Crippen molar-refractivity contribution in [2.24, 2.45) is 0 Å². The van der Waals surface area contributed by atoms with Gasteiger partial charge < -0.3 is 10.6 Å². The fraction of sp³-hybridized carbons (Fsp3) is 1.00. The van der Waals surface area contributed by atoms with Crippen LogP contribution in [0.1, 0.15) is 40.0 Å². The molecule has 2 heteroatoms. The molecule has 1 rings (SSSR count). The Morgan fingerprint density at radius 2 is 1.92 bits per heavy atom. The Kier molecular flexibility index (Phi) is 3.53. The second-order valence-electron chi connectivity index (χ2n) is 4.18. The zero-order valence-electron chi connectivity index (χ0n) is 8.61. The Balaban J connectivity index is 2.48. The molecule has 0 aliphatic carbocycles. The van der Waals surface area contributed by atoms with Crippen molar-refractivity contribution in [3.8, 4) is 0 Å². The van der Waals surface area contributed by atoms with Crippen LogP contribution in [0.5, 0.6) is 0 Å². The largest absolute Gasteiger partial charge is 0.317 e. The van der Waals surface area contributed by atoms with Crippen molar-refractivity contribution in [3.63, 3.8) is 0 Å². The van der Waals surface area contributed by atoms with E-state index in [1.54, 1.807) is 0 Å². The van der Waals surface area contributed by atoms with Crippen molar-refractivity contribution in [3.05, 3.63) is 0 Å². The predicted octanol–water partition coefficient (Wildman–Crippen LogP) is 1.52. The molecule has 0 radical (unpaired) electrons. The van der Waals surface area contributed by atoms with Crippen LogP contribution in [0, 0.1) is 0 Å². The maximum absolute atomic E-state index is 3.70. The van der Waals surface area contributed by atoms with Gasteiger partial charge in [0.05, 0.1) is 0 Å². The summed E-state index contributed by atoms with van der Waals surface area (Å²) >= 11 is 0. The van der Waals surface area contributed by atoms with Crippen LogP contribution in [0.4, 0.5) is 0 Å². The average molecular weight is 170 g/mol. The third kappa shape index (κ3) is 2.46. The molecule has 0 spiro atoms. The lowest BCUT2D eigenvalue weighted by atomic mass is 9.85. The smallest absolute Gasteiger partial charge is 0.0205 e. The highest BCUT2D eigenvalue weighted by atomic mass is 15.0. The lowest BCUT2D eigenvalue weighted by Gasteiger charge is -2.39. The monoisotopic (exact) mass is 170 g/mol. The lowest BCUT2D eigenvalue weighted by molar-refractivity contribution is 0.218. The molecular weight excluding hydrogens is 148 g/mol. The first-order chi connectivity index (χ1) is 5.68. The fourth-order valence-corrected chi connectivity index (χ4v) is 2.12. The van der Waals surface area contributed by atoms with E-state index in [-0.39, 0.29) is 0 Å². The van der Waals surface area contributed by atoms with Crippen LogP contribution in [0.2, 0.25) is 0 Å². The van der Waals surface area contributed by atoms with Gasteiger partial charge >= 0.3 is 0 Å². The topological polar surface area (TPSA) is 24.1 Å². The molecule has 1 saturated heterocycles. The summed E-state index contributed by atoms with van der Waals surface area (Å²) < 4.78 is 0. The molecule has 12 heavy (non-hydrogen) atoms. The summed E-state index contributed by atoms with van der Waals surface area (Å²) in [5.41, 5.74) is 0.430. The van der Waals surface area contributed by atoms with Gasteiger partial charge in [0, 0.05) is 11.6 Å². The van der Waals surface area contributed by atoms with Gasteiger partial charge in [0.1, 0.15) is 0 Å². The summed E-state index contributed by atoms with van der Waals surface area (Å²) in [6.45, 7) is 9.11. The van der Waals surface area contributed by atoms with Gasteiger partial charge in [0.25, 0.3) is 0 Å². The number of hydrogen-bond acceptors (Lipinski definition) is 2. The minimum absolute atomic E-state index is 0.430. The number of rotatable bonds is 3. The van der Waals surface area contributed by atoms with Crippen LogP contribution >= 0.6 is 0 Å². The van der Waals surface area contributed by atoms with Gasteiger partial charge in [-0.15, -0.1) is 0 Å². The van der Waals surface area contributed by atoms with Gasteiger partial charge in [-0.25, -0.2) is 0 Å². The van der Waals surface area contributed by atoms with Gasteiger partial charge in [0.15, 0.2) is 0 Å². The summed E-state index contributed by atoms with van der Waals surface area (Å²) in [7, 11) is 0. The van der Waals surface area contributed by atoms with Gasteiger partial charge in [-0.2, -0.15) is 0 Å². The highest BCUT2D eigenvalue weighted by Gasteiger charge is 2.29. The van der Waals surface area contributed by atoms with Crippen LogP contribution in [-0.4, -0.2) is 24.7 Å². The SMILES string of the molecule is CCC1(NC(C)C)CCNCC1. The quantitative estimate of drug-likeness (QED) is 0.671. The Bertz CT molecular complexity index is 126. The van der Waals surface area contributed by atoms with E-state index in [1.165, 1.54) is 32.4 Å². The number of nitrogens with one attached hydrogen (secondary N) is 2. The molecule has 0 unspecified atom stereocenters. The number of hydrogen-bond donors (Lipinski definition) is 2. The third-order valence-corrected chi connectivity index (χ3v) is 2.83. The molecule has 72 valence electrons. The van der Waals surface area contributed by atoms with Crippen LogP contribution in [-0.2, 0) is 0 Å². The summed E-state index contributed by atoms with van der Waals surface area (Å²) in [4.78, 5) is 0.